The van der Waals surface area contributed by atoms with Crippen molar-refractivity contribution in [1.82, 2.24) is 9.80 Å². The van der Waals surface area contributed by atoms with Gasteiger partial charge >= 0.3 is 12.2 Å². The van der Waals surface area contributed by atoms with Gasteiger partial charge in [-0.1, -0.05) is 78.9 Å². The lowest BCUT2D eigenvalue weighted by molar-refractivity contribution is -0.129. The van der Waals surface area contributed by atoms with E-state index < -0.39 is 41.9 Å². The number of carbonyl (C=O) groups excluding carboxylic acids is 4. The van der Waals surface area contributed by atoms with Crippen LogP contribution in [0, 0.1) is 5.82 Å². The van der Waals surface area contributed by atoms with E-state index in [1.165, 1.54) is 12.1 Å². The standard InChI is InChI=1S/C33H31FN2O6/c34-27-16-14-25(15-17-27)18-26(31(38)36-29(22-42-33(36)40)20-24-10-5-2-6-11-24)12-7-13-30(37)35-28(21-41-32(35)39)19-23-8-3-1-4-9-23/h1-6,8-12,14-17,28-29H,7,13,18-22H2/t28-,29-/m0/s1. The van der Waals surface area contributed by atoms with Crippen LogP contribution < -0.4 is 0 Å². The van der Waals surface area contributed by atoms with Crippen molar-refractivity contribution in [2.45, 2.75) is 44.2 Å². The molecular formula is C33H31FN2O6. The van der Waals surface area contributed by atoms with E-state index in [1.54, 1.807) is 18.2 Å². The summed E-state index contributed by atoms with van der Waals surface area (Å²) in [5.74, 6) is -1.35. The molecule has 5 rings (SSSR count). The van der Waals surface area contributed by atoms with Crippen molar-refractivity contribution in [3.63, 3.8) is 0 Å². The fourth-order valence-electron chi connectivity index (χ4n) is 5.25. The zero-order chi connectivity index (χ0) is 29.5. The van der Waals surface area contributed by atoms with Crippen LogP contribution in [0.2, 0.25) is 0 Å². The average molecular weight is 571 g/mol. The summed E-state index contributed by atoms with van der Waals surface area (Å²) in [7, 11) is 0. The average Bonchev–Trinajstić information content (AvgIpc) is 3.55. The Bertz CT molecular complexity index is 1460. The second kappa shape index (κ2) is 13.2. The molecular weight excluding hydrogens is 539 g/mol. The first-order valence-electron chi connectivity index (χ1n) is 13.9. The number of benzene rings is 3. The summed E-state index contributed by atoms with van der Waals surface area (Å²) in [6.45, 7) is 0.186. The van der Waals surface area contributed by atoms with E-state index in [-0.39, 0.29) is 38.0 Å². The molecule has 0 bridgehead atoms. The van der Waals surface area contributed by atoms with Crippen LogP contribution in [-0.4, -0.2) is 59.1 Å². The Morgan fingerprint density at radius 1 is 0.738 bits per heavy atom. The molecule has 2 saturated heterocycles. The lowest BCUT2D eigenvalue weighted by Crippen LogP contribution is -2.41. The highest BCUT2D eigenvalue weighted by Gasteiger charge is 2.40. The van der Waals surface area contributed by atoms with E-state index in [1.807, 2.05) is 60.7 Å². The smallest absolute Gasteiger partial charge is 0.417 e. The molecule has 3 aromatic carbocycles. The molecule has 0 aromatic heterocycles. The van der Waals surface area contributed by atoms with Crippen LogP contribution in [0.5, 0.6) is 0 Å². The molecule has 2 aliphatic rings. The number of hydrogen-bond donors (Lipinski definition) is 0. The van der Waals surface area contributed by atoms with Crippen LogP contribution in [0.25, 0.3) is 0 Å². The maximum absolute atomic E-state index is 13.8. The molecule has 2 heterocycles. The molecule has 2 atom stereocenters. The summed E-state index contributed by atoms with van der Waals surface area (Å²) in [5, 5.41) is 0. The number of carbonyl (C=O) groups is 4. The summed E-state index contributed by atoms with van der Waals surface area (Å²) in [6, 6.07) is 23.8. The number of nitrogens with zero attached hydrogens (tertiary/aromatic N) is 2. The third-order valence-electron chi connectivity index (χ3n) is 7.37. The van der Waals surface area contributed by atoms with Crippen molar-refractivity contribution >= 4 is 24.0 Å². The summed E-state index contributed by atoms with van der Waals surface area (Å²) >= 11 is 0. The first-order valence-corrected chi connectivity index (χ1v) is 13.9. The number of amides is 4. The van der Waals surface area contributed by atoms with Crippen LogP contribution >= 0.6 is 0 Å². The predicted molar refractivity (Wildman–Crippen MR) is 152 cm³/mol. The van der Waals surface area contributed by atoms with Gasteiger partial charge in [0.2, 0.25) is 5.91 Å². The van der Waals surface area contributed by atoms with Gasteiger partial charge in [0.05, 0.1) is 12.1 Å². The quantitative estimate of drug-likeness (QED) is 0.309. The van der Waals surface area contributed by atoms with E-state index in [4.69, 9.17) is 9.47 Å². The van der Waals surface area contributed by atoms with Gasteiger partial charge in [0, 0.05) is 18.4 Å². The van der Waals surface area contributed by atoms with Gasteiger partial charge < -0.3 is 9.47 Å². The lowest BCUT2D eigenvalue weighted by Gasteiger charge is -2.22. The number of halogens is 1. The van der Waals surface area contributed by atoms with Crippen LogP contribution in [0.15, 0.2) is 96.6 Å². The SMILES string of the molecule is O=C(CCC=C(Cc1ccc(F)cc1)C(=O)N1C(=O)OC[C@@H]1Cc1ccccc1)N1C(=O)OC[C@@H]1Cc1ccccc1. The minimum atomic E-state index is -0.731. The van der Waals surface area contributed by atoms with Gasteiger partial charge in [-0.3, -0.25) is 9.59 Å². The molecule has 8 nitrogen and oxygen atoms in total. The van der Waals surface area contributed by atoms with Crippen molar-refractivity contribution in [1.29, 1.82) is 0 Å². The van der Waals surface area contributed by atoms with Crippen LogP contribution in [0.4, 0.5) is 14.0 Å². The lowest BCUT2D eigenvalue weighted by atomic mass is 10.00. The van der Waals surface area contributed by atoms with E-state index in [0.717, 1.165) is 20.9 Å². The number of cyclic esters (lactones) is 2. The Hall–Kier alpha value is -4.79. The minimum absolute atomic E-state index is 0.0432. The third-order valence-corrected chi connectivity index (χ3v) is 7.37. The van der Waals surface area contributed by atoms with Gasteiger partial charge in [0.15, 0.2) is 0 Å². The number of imide groups is 2. The Morgan fingerprint density at radius 2 is 1.26 bits per heavy atom. The highest BCUT2D eigenvalue weighted by molar-refractivity contribution is 6.03. The highest BCUT2D eigenvalue weighted by atomic mass is 19.1. The Labute approximate surface area is 243 Å². The van der Waals surface area contributed by atoms with Crippen molar-refractivity contribution < 1.29 is 33.0 Å². The second-order valence-electron chi connectivity index (χ2n) is 10.4. The Balaban J connectivity index is 1.32. The highest BCUT2D eigenvalue weighted by Crippen LogP contribution is 2.23. The van der Waals surface area contributed by atoms with E-state index in [0.29, 0.717) is 18.4 Å². The predicted octanol–water partition coefficient (Wildman–Crippen LogP) is 5.26. The molecule has 0 radical (unpaired) electrons. The maximum atomic E-state index is 13.8. The monoisotopic (exact) mass is 570 g/mol. The zero-order valence-corrected chi connectivity index (χ0v) is 23.0. The minimum Gasteiger partial charge on any atom is -0.447 e. The van der Waals surface area contributed by atoms with E-state index in [2.05, 4.69) is 0 Å². The molecule has 9 heteroatoms. The molecule has 2 aliphatic heterocycles. The van der Waals surface area contributed by atoms with Gasteiger partial charge in [0.1, 0.15) is 19.0 Å². The Morgan fingerprint density at radius 3 is 1.83 bits per heavy atom. The fraction of sp³-hybridized carbons (Fsp3) is 0.273. The van der Waals surface area contributed by atoms with Crippen LogP contribution in [-0.2, 0) is 38.3 Å². The van der Waals surface area contributed by atoms with Gasteiger partial charge in [-0.2, -0.15) is 0 Å². The van der Waals surface area contributed by atoms with E-state index in [9.17, 15) is 23.6 Å². The molecule has 2 fully saturated rings. The number of rotatable bonds is 10. The topological polar surface area (TPSA) is 93.2 Å². The second-order valence-corrected chi connectivity index (χ2v) is 10.4. The first-order chi connectivity index (χ1) is 20.4. The zero-order valence-electron chi connectivity index (χ0n) is 23.0. The van der Waals surface area contributed by atoms with Crippen molar-refractivity contribution in [3.8, 4) is 0 Å². The maximum Gasteiger partial charge on any atom is 0.417 e. The van der Waals surface area contributed by atoms with Gasteiger partial charge in [0.25, 0.3) is 5.91 Å². The first kappa shape index (κ1) is 28.7. The molecule has 4 amide bonds. The molecule has 0 spiro atoms. The molecule has 0 N–H and O–H groups in total. The molecule has 3 aromatic rings. The van der Waals surface area contributed by atoms with Gasteiger partial charge in [-0.05, 0) is 48.1 Å². The number of hydrogen-bond acceptors (Lipinski definition) is 6. The molecule has 0 aliphatic carbocycles. The fourth-order valence-corrected chi connectivity index (χ4v) is 5.25. The normalized spacial score (nSPS) is 18.6. The number of ether oxygens (including phenoxy) is 2. The summed E-state index contributed by atoms with van der Waals surface area (Å²) in [5.41, 5.74) is 2.88. The van der Waals surface area contributed by atoms with Crippen LogP contribution in [0.3, 0.4) is 0 Å². The largest absolute Gasteiger partial charge is 0.447 e. The van der Waals surface area contributed by atoms with Crippen molar-refractivity contribution in [2.24, 2.45) is 0 Å². The van der Waals surface area contributed by atoms with Gasteiger partial charge in [-0.25, -0.2) is 23.8 Å². The van der Waals surface area contributed by atoms with Crippen molar-refractivity contribution in [2.75, 3.05) is 13.2 Å². The Kier molecular flexibility index (Phi) is 9.06. The molecule has 0 unspecified atom stereocenters. The molecule has 42 heavy (non-hydrogen) atoms. The number of allylic oxidation sites excluding steroid dienone is 1. The van der Waals surface area contributed by atoms with Crippen LogP contribution in [0.1, 0.15) is 29.5 Å². The van der Waals surface area contributed by atoms with Crippen molar-refractivity contribution in [3.05, 3.63) is 119 Å². The summed E-state index contributed by atoms with van der Waals surface area (Å²) < 4.78 is 24.0. The summed E-state index contributed by atoms with van der Waals surface area (Å²) in [6.07, 6.45) is 1.33. The van der Waals surface area contributed by atoms with Gasteiger partial charge in [-0.15, -0.1) is 0 Å². The molecule has 216 valence electrons. The van der Waals surface area contributed by atoms with E-state index >= 15 is 0 Å². The summed E-state index contributed by atoms with van der Waals surface area (Å²) in [4.78, 5) is 54.3. The molecule has 0 saturated carbocycles. The third kappa shape index (κ3) is 6.91.